The molecule has 0 fully saturated rings. The lowest BCUT2D eigenvalue weighted by atomic mass is 10.2. The van der Waals surface area contributed by atoms with E-state index < -0.39 is 45.4 Å². The van der Waals surface area contributed by atoms with Gasteiger partial charge in [0.05, 0.1) is 11.1 Å². The van der Waals surface area contributed by atoms with Crippen LogP contribution in [0.15, 0.2) is 30.5 Å². The number of carboxylic acids is 1. The molecule has 0 radical (unpaired) electrons. The van der Waals surface area contributed by atoms with Crippen LogP contribution >= 0.6 is 0 Å². The van der Waals surface area contributed by atoms with Gasteiger partial charge in [-0.1, -0.05) is 0 Å². The summed E-state index contributed by atoms with van der Waals surface area (Å²) in [7, 11) is 0. The molecule has 0 unspecified atom stereocenters. The molecule has 21 heavy (non-hydrogen) atoms. The molecular formula is C12H6F2N2O5. The van der Waals surface area contributed by atoms with E-state index in [0.29, 0.717) is 18.3 Å². The number of aromatic carboxylic acids is 1. The normalized spacial score (nSPS) is 10.2. The number of nitrogens with zero attached hydrogens (tertiary/aromatic N) is 2. The highest BCUT2D eigenvalue weighted by Crippen LogP contribution is 2.32. The molecule has 0 atom stereocenters. The Balaban J connectivity index is 2.50. The molecule has 1 N–H and O–H groups in total. The van der Waals surface area contributed by atoms with Gasteiger partial charge in [-0.05, 0) is 12.1 Å². The topological polar surface area (TPSA) is 103 Å². The van der Waals surface area contributed by atoms with Crippen molar-refractivity contribution in [1.29, 1.82) is 0 Å². The van der Waals surface area contributed by atoms with Gasteiger partial charge in [0, 0.05) is 12.1 Å². The number of carbonyl (C=O) groups is 1. The Kier molecular flexibility index (Phi) is 3.74. The van der Waals surface area contributed by atoms with Crippen LogP contribution in [0.25, 0.3) is 0 Å². The van der Waals surface area contributed by atoms with Crippen molar-refractivity contribution in [2.45, 2.75) is 0 Å². The fourth-order valence-corrected chi connectivity index (χ4v) is 1.49. The van der Waals surface area contributed by atoms with Crippen molar-refractivity contribution in [2.75, 3.05) is 0 Å². The number of pyridine rings is 1. The number of rotatable bonds is 4. The van der Waals surface area contributed by atoms with Gasteiger partial charge in [-0.25, -0.2) is 18.6 Å². The number of aromatic nitrogens is 1. The largest absolute Gasteiger partial charge is 0.477 e. The number of benzene rings is 1. The van der Waals surface area contributed by atoms with Gasteiger partial charge in [0.2, 0.25) is 11.6 Å². The quantitative estimate of drug-likeness (QED) is 0.687. The second-order valence-corrected chi connectivity index (χ2v) is 3.78. The molecule has 9 heteroatoms. The molecule has 0 saturated heterocycles. The number of ether oxygens (including phenoxy) is 1. The van der Waals surface area contributed by atoms with Crippen LogP contribution in [0.3, 0.4) is 0 Å². The molecule has 1 aromatic carbocycles. The Bertz CT molecular complexity index is 736. The lowest BCUT2D eigenvalue weighted by Gasteiger charge is -2.08. The van der Waals surface area contributed by atoms with E-state index in [2.05, 4.69) is 4.98 Å². The fraction of sp³-hybridized carbons (Fsp3) is 0. The summed E-state index contributed by atoms with van der Waals surface area (Å²) in [6.07, 6.45) is 0.674. The molecule has 108 valence electrons. The molecule has 2 rings (SSSR count). The summed E-state index contributed by atoms with van der Waals surface area (Å²) in [5, 5.41) is 19.7. The summed E-state index contributed by atoms with van der Waals surface area (Å²) in [6.45, 7) is 0. The Labute approximate surface area is 115 Å². The molecule has 0 aliphatic rings. The third-order valence-electron chi connectivity index (χ3n) is 2.37. The first-order valence-electron chi connectivity index (χ1n) is 5.39. The average Bonchev–Trinajstić information content (AvgIpc) is 2.40. The highest BCUT2D eigenvalue weighted by Gasteiger charge is 2.21. The van der Waals surface area contributed by atoms with E-state index in [-0.39, 0.29) is 0 Å². The van der Waals surface area contributed by atoms with E-state index >= 15 is 0 Å². The van der Waals surface area contributed by atoms with Crippen LogP contribution in [0.1, 0.15) is 10.4 Å². The lowest BCUT2D eigenvalue weighted by Crippen LogP contribution is -2.04. The second-order valence-electron chi connectivity index (χ2n) is 3.78. The maximum atomic E-state index is 13.1. The zero-order valence-corrected chi connectivity index (χ0v) is 10.1. The van der Waals surface area contributed by atoms with Crippen LogP contribution in [-0.4, -0.2) is 21.0 Å². The third-order valence-corrected chi connectivity index (χ3v) is 2.37. The van der Waals surface area contributed by atoms with Crippen LogP contribution in [-0.2, 0) is 0 Å². The summed E-state index contributed by atoms with van der Waals surface area (Å²) in [5.41, 5.74) is -1.23. The van der Waals surface area contributed by atoms with E-state index in [1.54, 1.807) is 0 Å². The number of hydrogen-bond acceptors (Lipinski definition) is 5. The fourth-order valence-electron chi connectivity index (χ4n) is 1.49. The maximum absolute atomic E-state index is 13.1. The third kappa shape index (κ3) is 3.08. The summed E-state index contributed by atoms with van der Waals surface area (Å²) >= 11 is 0. The molecule has 7 nitrogen and oxygen atoms in total. The van der Waals surface area contributed by atoms with Crippen LogP contribution < -0.4 is 4.74 Å². The second kappa shape index (κ2) is 5.49. The van der Waals surface area contributed by atoms with Gasteiger partial charge in [0.25, 0.3) is 0 Å². The van der Waals surface area contributed by atoms with Crippen molar-refractivity contribution in [2.24, 2.45) is 0 Å². The SMILES string of the molecule is O=C(O)c1cc(F)cnc1Oc1cc(F)ccc1[N+](=O)[O-]. The number of nitro groups is 1. The number of carboxylic acid groups (broad SMARTS) is 1. The highest BCUT2D eigenvalue weighted by atomic mass is 19.1. The Morgan fingerprint density at radius 2 is 2.00 bits per heavy atom. The van der Waals surface area contributed by atoms with Gasteiger partial charge < -0.3 is 9.84 Å². The van der Waals surface area contributed by atoms with Gasteiger partial charge in [-0.2, -0.15) is 0 Å². The van der Waals surface area contributed by atoms with Crippen LogP contribution in [0.4, 0.5) is 14.5 Å². The van der Waals surface area contributed by atoms with Gasteiger partial charge in [0.1, 0.15) is 17.2 Å². The van der Waals surface area contributed by atoms with Crippen molar-refractivity contribution in [3.8, 4) is 11.6 Å². The molecule has 0 spiro atoms. The molecule has 1 aromatic heterocycles. The standard InChI is InChI=1S/C12H6F2N2O5/c13-6-1-2-9(16(19)20)10(4-6)21-11-8(12(17)18)3-7(14)5-15-11/h1-5H,(H,17,18). The van der Waals surface area contributed by atoms with Crippen LogP contribution in [0, 0.1) is 21.7 Å². The van der Waals surface area contributed by atoms with Gasteiger partial charge in [0.15, 0.2) is 0 Å². The van der Waals surface area contributed by atoms with E-state index in [4.69, 9.17) is 9.84 Å². The average molecular weight is 296 g/mol. The first kappa shape index (κ1) is 14.3. The first-order chi connectivity index (χ1) is 9.88. The van der Waals surface area contributed by atoms with Crippen molar-refractivity contribution < 1.29 is 28.3 Å². The smallest absolute Gasteiger partial charge is 0.341 e. The minimum absolute atomic E-state index is 0.540. The number of hydrogen-bond donors (Lipinski definition) is 1. The minimum atomic E-state index is -1.55. The molecule has 0 saturated carbocycles. The first-order valence-corrected chi connectivity index (χ1v) is 5.39. The number of nitro benzene ring substituents is 1. The van der Waals surface area contributed by atoms with Crippen molar-refractivity contribution in [3.63, 3.8) is 0 Å². The maximum Gasteiger partial charge on any atom is 0.341 e. The van der Waals surface area contributed by atoms with Crippen LogP contribution in [0.5, 0.6) is 11.6 Å². The minimum Gasteiger partial charge on any atom is -0.477 e. The van der Waals surface area contributed by atoms with E-state index in [9.17, 15) is 23.7 Å². The van der Waals surface area contributed by atoms with Crippen molar-refractivity contribution in [3.05, 3.63) is 57.8 Å². The monoisotopic (exact) mass is 296 g/mol. The Morgan fingerprint density at radius 3 is 2.62 bits per heavy atom. The summed E-state index contributed by atoms with van der Waals surface area (Å²) in [6, 6.07) is 3.04. The zero-order valence-electron chi connectivity index (χ0n) is 10.1. The summed E-state index contributed by atoms with van der Waals surface area (Å²) in [4.78, 5) is 24.3. The van der Waals surface area contributed by atoms with E-state index in [1.807, 2.05) is 0 Å². The molecule has 1 heterocycles. The molecule has 0 amide bonds. The van der Waals surface area contributed by atoms with Crippen molar-refractivity contribution >= 4 is 11.7 Å². The molecule has 0 bridgehead atoms. The zero-order chi connectivity index (χ0) is 15.6. The highest BCUT2D eigenvalue weighted by molar-refractivity contribution is 5.90. The lowest BCUT2D eigenvalue weighted by molar-refractivity contribution is -0.385. The summed E-state index contributed by atoms with van der Waals surface area (Å²) < 4.78 is 31.1. The number of halogens is 2. The molecular weight excluding hydrogens is 290 g/mol. The van der Waals surface area contributed by atoms with E-state index in [0.717, 1.165) is 12.1 Å². The predicted molar refractivity (Wildman–Crippen MR) is 64.3 cm³/mol. The van der Waals surface area contributed by atoms with Gasteiger partial charge in [-0.3, -0.25) is 10.1 Å². The predicted octanol–water partition coefficient (Wildman–Crippen LogP) is 2.76. The van der Waals surface area contributed by atoms with E-state index in [1.165, 1.54) is 0 Å². The van der Waals surface area contributed by atoms with Gasteiger partial charge in [-0.15, -0.1) is 0 Å². The molecule has 0 aliphatic heterocycles. The Hall–Kier alpha value is -3.10. The molecule has 0 aliphatic carbocycles. The van der Waals surface area contributed by atoms with Gasteiger partial charge >= 0.3 is 11.7 Å². The Morgan fingerprint density at radius 1 is 1.29 bits per heavy atom. The summed E-state index contributed by atoms with van der Waals surface area (Å²) in [5.74, 6) is -4.42. The van der Waals surface area contributed by atoms with Crippen LogP contribution in [0.2, 0.25) is 0 Å². The molecule has 2 aromatic rings. The van der Waals surface area contributed by atoms with Crippen molar-refractivity contribution in [1.82, 2.24) is 4.98 Å².